The summed E-state index contributed by atoms with van der Waals surface area (Å²) in [4.78, 5) is 24.9. The number of amides is 1. The lowest BCUT2D eigenvalue weighted by Gasteiger charge is -2.09. The molecule has 0 saturated heterocycles. The van der Waals surface area contributed by atoms with E-state index in [9.17, 15) is 9.59 Å². The van der Waals surface area contributed by atoms with Crippen LogP contribution in [-0.2, 0) is 7.05 Å². The van der Waals surface area contributed by atoms with Crippen molar-refractivity contribution in [2.45, 2.75) is 19.8 Å². The highest BCUT2D eigenvalue weighted by atomic mass is 35.5. The van der Waals surface area contributed by atoms with Gasteiger partial charge in [0.2, 0.25) is 0 Å². The molecule has 0 saturated carbocycles. The summed E-state index contributed by atoms with van der Waals surface area (Å²) in [5, 5.41) is 9.99. The van der Waals surface area contributed by atoms with Crippen LogP contribution in [0.2, 0.25) is 5.02 Å². The van der Waals surface area contributed by atoms with Crippen LogP contribution in [0.15, 0.2) is 58.4 Å². The van der Waals surface area contributed by atoms with E-state index in [1.165, 1.54) is 7.05 Å². The highest BCUT2D eigenvalue weighted by Gasteiger charge is 2.15. The van der Waals surface area contributed by atoms with Gasteiger partial charge in [-0.25, -0.2) is 10.1 Å². The first-order valence-electron chi connectivity index (χ1n) is 8.60. The molecular weight excluding hydrogens is 364 g/mol. The minimum atomic E-state index is -0.468. The van der Waals surface area contributed by atoms with Gasteiger partial charge in [0.05, 0.1) is 11.1 Å². The molecule has 1 heterocycles. The van der Waals surface area contributed by atoms with Crippen molar-refractivity contribution >= 4 is 34.0 Å². The Labute approximate surface area is 161 Å². The first-order chi connectivity index (χ1) is 13.0. The second kappa shape index (κ2) is 8.14. The second-order valence-corrected chi connectivity index (χ2v) is 6.52. The van der Waals surface area contributed by atoms with Crippen molar-refractivity contribution in [1.29, 1.82) is 0 Å². The summed E-state index contributed by atoms with van der Waals surface area (Å²) >= 11 is 5.94. The van der Waals surface area contributed by atoms with Crippen LogP contribution in [0.5, 0.6) is 0 Å². The van der Waals surface area contributed by atoms with Gasteiger partial charge < -0.3 is 0 Å². The number of nitrogens with zero attached hydrogens (tertiary/aromatic N) is 3. The topological polar surface area (TPSA) is 76.3 Å². The molecule has 0 aliphatic rings. The van der Waals surface area contributed by atoms with E-state index < -0.39 is 5.91 Å². The molecule has 0 radical (unpaired) electrons. The Balaban J connectivity index is 1.95. The van der Waals surface area contributed by atoms with Gasteiger partial charge in [-0.1, -0.05) is 55.3 Å². The van der Waals surface area contributed by atoms with Gasteiger partial charge in [0.25, 0.3) is 11.5 Å². The number of halogens is 1. The molecule has 7 heteroatoms. The monoisotopic (exact) mass is 382 g/mol. The quantitative estimate of drug-likeness (QED) is 0.541. The van der Waals surface area contributed by atoms with Gasteiger partial charge in [0.1, 0.15) is 0 Å². The van der Waals surface area contributed by atoms with E-state index in [4.69, 9.17) is 11.6 Å². The van der Waals surface area contributed by atoms with Crippen molar-refractivity contribution < 1.29 is 4.79 Å². The molecule has 1 N–H and O–H groups in total. The molecular formula is C20H19ClN4O2. The van der Waals surface area contributed by atoms with Crippen LogP contribution < -0.4 is 11.0 Å². The van der Waals surface area contributed by atoms with Gasteiger partial charge in [-0.15, -0.1) is 0 Å². The number of hydrazone groups is 1. The molecule has 0 aliphatic heterocycles. The number of rotatable bonds is 5. The summed E-state index contributed by atoms with van der Waals surface area (Å²) < 4.78 is 1.16. The summed E-state index contributed by atoms with van der Waals surface area (Å²) in [5.74, 6) is -0.468. The fraction of sp³-hybridized carbons (Fsp3) is 0.200. The van der Waals surface area contributed by atoms with Crippen molar-refractivity contribution in [2.24, 2.45) is 12.1 Å². The van der Waals surface area contributed by atoms with Crippen LogP contribution in [-0.4, -0.2) is 21.4 Å². The number of carbonyl (C=O) groups excluding carboxylic acids is 1. The van der Waals surface area contributed by atoms with Gasteiger partial charge in [-0.05, 0) is 30.2 Å². The molecule has 27 heavy (non-hydrogen) atoms. The maximum Gasteiger partial charge on any atom is 0.292 e. The second-order valence-electron chi connectivity index (χ2n) is 6.08. The average molecular weight is 383 g/mol. The Morgan fingerprint density at radius 2 is 1.81 bits per heavy atom. The van der Waals surface area contributed by atoms with Crippen molar-refractivity contribution in [1.82, 2.24) is 15.2 Å². The summed E-state index contributed by atoms with van der Waals surface area (Å²) in [5.41, 5.74) is 4.11. The molecule has 1 amide bonds. The number of fused-ring (bicyclic) bond motifs is 1. The maximum absolute atomic E-state index is 12.7. The zero-order valence-electron chi connectivity index (χ0n) is 15.1. The predicted octanol–water partition coefficient (Wildman–Crippen LogP) is 3.52. The summed E-state index contributed by atoms with van der Waals surface area (Å²) in [6.45, 7) is 2.04. The molecule has 0 unspecified atom stereocenters. The van der Waals surface area contributed by atoms with Crippen LogP contribution in [0.1, 0.15) is 35.8 Å². The largest absolute Gasteiger partial charge is 0.292 e. The third kappa shape index (κ3) is 4.06. The molecule has 3 aromatic rings. The molecule has 0 fully saturated rings. The Kier molecular flexibility index (Phi) is 5.66. The zero-order chi connectivity index (χ0) is 19.4. The van der Waals surface area contributed by atoms with Crippen LogP contribution >= 0.6 is 11.6 Å². The number of hydrogen-bond acceptors (Lipinski definition) is 4. The number of carbonyl (C=O) groups is 1. The highest BCUT2D eigenvalue weighted by Crippen LogP contribution is 2.14. The van der Waals surface area contributed by atoms with Crippen LogP contribution in [0.25, 0.3) is 10.8 Å². The number of hydrogen-bond donors (Lipinski definition) is 1. The molecule has 3 rings (SSSR count). The maximum atomic E-state index is 12.7. The summed E-state index contributed by atoms with van der Waals surface area (Å²) in [7, 11) is 1.52. The fourth-order valence-corrected chi connectivity index (χ4v) is 2.91. The van der Waals surface area contributed by atoms with Gasteiger partial charge in [-0.3, -0.25) is 9.59 Å². The zero-order valence-corrected chi connectivity index (χ0v) is 15.8. The average Bonchev–Trinajstić information content (AvgIpc) is 2.68. The van der Waals surface area contributed by atoms with E-state index in [0.29, 0.717) is 22.2 Å². The van der Waals surface area contributed by atoms with Crippen molar-refractivity contribution in [3.05, 3.63) is 75.2 Å². The van der Waals surface area contributed by atoms with E-state index in [0.717, 1.165) is 22.4 Å². The fourth-order valence-electron chi connectivity index (χ4n) is 2.78. The number of nitrogens with one attached hydrogen (secondary N) is 1. The Bertz CT molecular complexity index is 1070. The lowest BCUT2D eigenvalue weighted by Crippen LogP contribution is -2.27. The molecule has 0 aliphatic carbocycles. The summed E-state index contributed by atoms with van der Waals surface area (Å²) in [6, 6.07) is 14.2. The molecule has 6 nitrogen and oxygen atoms in total. The number of aryl methyl sites for hydroxylation is 1. The molecule has 0 atom stereocenters. The minimum Gasteiger partial charge on any atom is -0.267 e. The Hall–Kier alpha value is -2.99. The van der Waals surface area contributed by atoms with E-state index in [1.54, 1.807) is 36.4 Å². The van der Waals surface area contributed by atoms with Gasteiger partial charge in [-0.2, -0.15) is 10.2 Å². The van der Waals surface area contributed by atoms with E-state index in [2.05, 4.69) is 15.6 Å². The van der Waals surface area contributed by atoms with Crippen LogP contribution in [0.4, 0.5) is 0 Å². The number of benzene rings is 2. The predicted molar refractivity (Wildman–Crippen MR) is 107 cm³/mol. The number of aromatic nitrogens is 2. The van der Waals surface area contributed by atoms with Gasteiger partial charge >= 0.3 is 0 Å². The molecule has 0 spiro atoms. The van der Waals surface area contributed by atoms with Crippen molar-refractivity contribution in [2.75, 3.05) is 0 Å². The Morgan fingerprint density at radius 1 is 1.15 bits per heavy atom. The molecule has 0 bridgehead atoms. The SMILES string of the molecule is CCC/C(=N/NC(=O)c1nn(C)c(=O)c2ccccc12)c1ccc(Cl)cc1. The van der Waals surface area contributed by atoms with Gasteiger partial charge in [0.15, 0.2) is 5.69 Å². The first-order valence-corrected chi connectivity index (χ1v) is 8.98. The third-order valence-electron chi connectivity index (χ3n) is 4.13. The van der Waals surface area contributed by atoms with Crippen molar-refractivity contribution in [3.63, 3.8) is 0 Å². The van der Waals surface area contributed by atoms with E-state index in [1.807, 2.05) is 19.1 Å². The molecule has 2 aromatic carbocycles. The minimum absolute atomic E-state index is 0.156. The van der Waals surface area contributed by atoms with Crippen molar-refractivity contribution in [3.8, 4) is 0 Å². The van der Waals surface area contributed by atoms with E-state index in [-0.39, 0.29) is 11.3 Å². The highest BCUT2D eigenvalue weighted by molar-refractivity contribution is 6.30. The lowest BCUT2D eigenvalue weighted by molar-refractivity contribution is 0.0949. The van der Waals surface area contributed by atoms with Gasteiger partial charge in [0, 0.05) is 17.5 Å². The van der Waals surface area contributed by atoms with Crippen LogP contribution in [0.3, 0.4) is 0 Å². The standard InChI is InChI=1S/C20H19ClN4O2/c1-3-6-17(13-9-11-14(21)12-10-13)22-23-19(26)18-15-7-4-5-8-16(15)20(27)25(2)24-18/h4-5,7-12H,3,6H2,1-2H3,(H,23,26)/b22-17-. The molecule has 1 aromatic heterocycles. The smallest absolute Gasteiger partial charge is 0.267 e. The normalized spacial score (nSPS) is 11.6. The first kappa shape index (κ1) is 18.8. The Morgan fingerprint density at radius 3 is 2.48 bits per heavy atom. The van der Waals surface area contributed by atoms with Crippen LogP contribution in [0, 0.1) is 0 Å². The molecule has 138 valence electrons. The van der Waals surface area contributed by atoms with E-state index >= 15 is 0 Å². The summed E-state index contributed by atoms with van der Waals surface area (Å²) in [6.07, 6.45) is 1.57. The lowest BCUT2D eigenvalue weighted by atomic mass is 10.1. The third-order valence-corrected chi connectivity index (χ3v) is 4.38.